The molecular weight excluding hydrogens is 308 g/mol. The van der Waals surface area contributed by atoms with Gasteiger partial charge >= 0.3 is 0 Å². The summed E-state index contributed by atoms with van der Waals surface area (Å²) >= 11 is 3.13. The van der Waals surface area contributed by atoms with Crippen LogP contribution in [0.1, 0.15) is 23.2 Å². The molecule has 4 rings (SSSR count). The zero-order valence-corrected chi connectivity index (χ0v) is 12.9. The quantitative estimate of drug-likeness (QED) is 0.779. The van der Waals surface area contributed by atoms with Crippen molar-refractivity contribution in [3.63, 3.8) is 0 Å². The highest BCUT2D eigenvalue weighted by Gasteiger charge is 2.25. The molecule has 110 valence electrons. The van der Waals surface area contributed by atoms with Crippen molar-refractivity contribution in [1.29, 1.82) is 0 Å². The van der Waals surface area contributed by atoms with E-state index in [0.717, 1.165) is 45.9 Å². The van der Waals surface area contributed by atoms with Crippen molar-refractivity contribution in [3.05, 3.63) is 16.2 Å². The number of nitrogens with two attached hydrogens (primary N) is 1. The molecule has 0 spiro atoms. The fourth-order valence-electron chi connectivity index (χ4n) is 2.38. The Morgan fingerprint density at radius 2 is 2.38 bits per heavy atom. The van der Waals surface area contributed by atoms with E-state index in [2.05, 4.69) is 20.3 Å². The van der Waals surface area contributed by atoms with Crippen molar-refractivity contribution in [2.75, 3.05) is 19.8 Å². The summed E-state index contributed by atoms with van der Waals surface area (Å²) in [7, 11) is 0. The van der Waals surface area contributed by atoms with Crippen LogP contribution in [0.25, 0.3) is 15.7 Å². The van der Waals surface area contributed by atoms with Gasteiger partial charge in [-0.05, 0) is 13.0 Å². The van der Waals surface area contributed by atoms with Crippen LogP contribution in [-0.2, 0) is 11.2 Å². The molecule has 1 aliphatic rings. The fraction of sp³-hybridized carbons (Fsp3) is 0.500. The summed E-state index contributed by atoms with van der Waals surface area (Å²) in [4.78, 5) is 5.38. The molecule has 1 saturated heterocycles. The monoisotopic (exact) mass is 322 g/mol. The van der Waals surface area contributed by atoms with E-state index in [9.17, 15) is 0 Å². The summed E-state index contributed by atoms with van der Waals surface area (Å²) in [6.07, 6.45) is 1.78. The summed E-state index contributed by atoms with van der Waals surface area (Å²) in [6, 6.07) is 0. The number of fused-ring (bicyclic) bond motifs is 1. The van der Waals surface area contributed by atoms with Gasteiger partial charge in [0.2, 0.25) is 4.96 Å². The van der Waals surface area contributed by atoms with Gasteiger partial charge in [0, 0.05) is 24.3 Å². The molecule has 3 aromatic rings. The van der Waals surface area contributed by atoms with Gasteiger partial charge in [-0.25, -0.2) is 4.98 Å². The smallest absolute Gasteiger partial charge is 0.235 e. The highest BCUT2D eigenvalue weighted by atomic mass is 32.1. The summed E-state index contributed by atoms with van der Waals surface area (Å²) in [5.41, 5.74) is 6.46. The van der Waals surface area contributed by atoms with Crippen LogP contribution in [0.2, 0.25) is 0 Å². The van der Waals surface area contributed by atoms with Crippen LogP contribution in [0, 0.1) is 0 Å². The number of nitrogens with zero attached hydrogens (tertiary/aromatic N) is 5. The maximum absolute atomic E-state index is 5.56. The summed E-state index contributed by atoms with van der Waals surface area (Å²) in [5, 5.41) is 17.0. The highest BCUT2D eigenvalue weighted by molar-refractivity contribution is 7.20. The lowest BCUT2D eigenvalue weighted by atomic mass is 10.1. The lowest BCUT2D eigenvalue weighted by Gasteiger charge is -2.01. The van der Waals surface area contributed by atoms with E-state index in [4.69, 9.17) is 10.5 Å². The molecule has 0 aromatic carbocycles. The first kappa shape index (κ1) is 13.3. The number of ether oxygens (including phenoxy) is 1. The summed E-state index contributed by atoms with van der Waals surface area (Å²) < 4.78 is 7.26. The molecule has 1 aliphatic heterocycles. The normalized spacial score (nSPS) is 18.8. The van der Waals surface area contributed by atoms with Crippen molar-refractivity contribution in [2.24, 2.45) is 5.73 Å². The van der Waals surface area contributed by atoms with Crippen molar-refractivity contribution < 1.29 is 4.74 Å². The maximum Gasteiger partial charge on any atom is 0.235 e. The van der Waals surface area contributed by atoms with E-state index in [1.807, 2.05) is 9.90 Å². The summed E-state index contributed by atoms with van der Waals surface area (Å²) in [6.45, 7) is 2.10. The van der Waals surface area contributed by atoms with Gasteiger partial charge in [0.05, 0.1) is 11.6 Å². The van der Waals surface area contributed by atoms with Crippen LogP contribution >= 0.6 is 22.7 Å². The largest absolute Gasteiger partial charge is 0.381 e. The van der Waals surface area contributed by atoms with Gasteiger partial charge < -0.3 is 10.5 Å². The van der Waals surface area contributed by atoms with Crippen molar-refractivity contribution in [1.82, 2.24) is 24.8 Å². The van der Waals surface area contributed by atoms with E-state index in [1.165, 1.54) is 11.3 Å². The Kier molecular flexibility index (Phi) is 3.42. The van der Waals surface area contributed by atoms with E-state index in [0.29, 0.717) is 13.2 Å². The standard InChI is InChI=1S/C12H14N6OS2/c13-3-1-9-14-8(6-20-9)11-17-18-10(7-2-4-19-5-7)15-16-12(18)21-11/h6-7H,1-5,13H2. The van der Waals surface area contributed by atoms with Crippen LogP contribution < -0.4 is 5.73 Å². The van der Waals surface area contributed by atoms with E-state index < -0.39 is 0 Å². The first-order chi connectivity index (χ1) is 10.3. The Bertz CT molecular complexity index is 757. The van der Waals surface area contributed by atoms with Gasteiger partial charge in [-0.2, -0.15) is 9.61 Å². The zero-order valence-electron chi connectivity index (χ0n) is 11.2. The molecule has 21 heavy (non-hydrogen) atoms. The third-order valence-corrected chi connectivity index (χ3v) is 5.27. The minimum absolute atomic E-state index is 0.290. The minimum Gasteiger partial charge on any atom is -0.381 e. The topological polar surface area (TPSA) is 91.2 Å². The Balaban J connectivity index is 1.69. The summed E-state index contributed by atoms with van der Waals surface area (Å²) in [5.74, 6) is 1.18. The van der Waals surface area contributed by atoms with Crippen LogP contribution in [-0.4, -0.2) is 44.6 Å². The average molecular weight is 322 g/mol. The zero-order chi connectivity index (χ0) is 14.2. The molecule has 3 aromatic heterocycles. The first-order valence-corrected chi connectivity index (χ1v) is 8.49. The molecule has 0 radical (unpaired) electrons. The average Bonchev–Trinajstić information content (AvgIpc) is 3.22. The second-order valence-corrected chi connectivity index (χ2v) is 6.78. The van der Waals surface area contributed by atoms with Crippen LogP contribution in [0.5, 0.6) is 0 Å². The molecule has 4 heterocycles. The van der Waals surface area contributed by atoms with Crippen molar-refractivity contribution >= 4 is 27.6 Å². The van der Waals surface area contributed by atoms with E-state index in [-0.39, 0.29) is 5.92 Å². The predicted molar refractivity (Wildman–Crippen MR) is 80.7 cm³/mol. The number of rotatable bonds is 4. The number of aromatic nitrogens is 5. The number of hydrogen-bond acceptors (Lipinski definition) is 8. The third kappa shape index (κ3) is 2.35. The molecular formula is C12H14N6OS2. The second-order valence-electron chi connectivity index (χ2n) is 4.89. The molecule has 0 saturated carbocycles. The molecule has 2 N–H and O–H groups in total. The molecule has 1 atom stereocenters. The Labute approximate surface area is 128 Å². The fourth-order valence-corrected chi connectivity index (χ4v) is 4.06. The Hall–Kier alpha value is -1.42. The molecule has 0 aliphatic carbocycles. The van der Waals surface area contributed by atoms with Crippen LogP contribution in [0.4, 0.5) is 0 Å². The van der Waals surface area contributed by atoms with Gasteiger partial charge in [0.15, 0.2) is 10.8 Å². The Morgan fingerprint density at radius 3 is 3.19 bits per heavy atom. The van der Waals surface area contributed by atoms with Gasteiger partial charge in [0.25, 0.3) is 0 Å². The number of hydrogen-bond donors (Lipinski definition) is 1. The molecule has 1 fully saturated rings. The van der Waals surface area contributed by atoms with Crippen LogP contribution in [0.3, 0.4) is 0 Å². The van der Waals surface area contributed by atoms with Crippen LogP contribution in [0.15, 0.2) is 5.38 Å². The molecule has 0 amide bonds. The molecule has 9 heteroatoms. The third-order valence-electron chi connectivity index (χ3n) is 3.44. The molecule has 1 unspecified atom stereocenters. The van der Waals surface area contributed by atoms with Gasteiger partial charge in [0.1, 0.15) is 5.69 Å². The second kappa shape index (κ2) is 5.41. The first-order valence-electron chi connectivity index (χ1n) is 6.80. The SMILES string of the molecule is NCCc1nc(-c2nn3c(C4CCOC4)nnc3s2)cs1. The predicted octanol–water partition coefficient (Wildman–Crippen LogP) is 1.31. The lowest BCUT2D eigenvalue weighted by molar-refractivity contribution is 0.193. The van der Waals surface area contributed by atoms with Crippen molar-refractivity contribution in [2.45, 2.75) is 18.8 Å². The van der Waals surface area contributed by atoms with E-state index in [1.54, 1.807) is 11.3 Å². The van der Waals surface area contributed by atoms with Gasteiger partial charge in [-0.15, -0.1) is 21.5 Å². The van der Waals surface area contributed by atoms with Crippen molar-refractivity contribution in [3.8, 4) is 10.7 Å². The highest BCUT2D eigenvalue weighted by Crippen LogP contribution is 2.30. The van der Waals surface area contributed by atoms with E-state index >= 15 is 0 Å². The maximum atomic E-state index is 5.56. The lowest BCUT2D eigenvalue weighted by Crippen LogP contribution is -2.04. The Morgan fingerprint density at radius 1 is 1.43 bits per heavy atom. The molecule has 7 nitrogen and oxygen atoms in total. The van der Waals surface area contributed by atoms with Gasteiger partial charge in [-0.1, -0.05) is 11.3 Å². The van der Waals surface area contributed by atoms with Gasteiger partial charge in [-0.3, -0.25) is 0 Å². The minimum atomic E-state index is 0.290. The molecule has 0 bridgehead atoms. The number of thiazole rings is 1.